The van der Waals surface area contributed by atoms with Crippen LogP contribution in [0.2, 0.25) is 0 Å². The lowest BCUT2D eigenvalue weighted by Gasteiger charge is -2.11. The summed E-state index contributed by atoms with van der Waals surface area (Å²) in [6.07, 6.45) is 7.47. The van der Waals surface area contributed by atoms with Crippen LogP contribution in [0.5, 0.6) is 0 Å². The second-order valence-corrected chi connectivity index (χ2v) is 3.99. The van der Waals surface area contributed by atoms with E-state index in [2.05, 4.69) is 38.5 Å². The van der Waals surface area contributed by atoms with Crippen LogP contribution in [-0.4, -0.2) is 23.9 Å². The van der Waals surface area contributed by atoms with E-state index in [4.69, 9.17) is 5.73 Å². The van der Waals surface area contributed by atoms with Gasteiger partial charge in [-0.25, -0.2) is 4.58 Å². The van der Waals surface area contributed by atoms with E-state index >= 15 is 0 Å². The van der Waals surface area contributed by atoms with Gasteiger partial charge in [-0.05, 0) is 38.8 Å². The second-order valence-electron chi connectivity index (χ2n) is 3.99. The maximum absolute atomic E-state index is 5.64. The molecule has 0 aromatic carbocycles. The van der Waals surface area contributed by atoms with Crippen molar-refractivity contribution in [1.29, 1.82) is 0 Å². The fourth-order valence-corrected chi connectivity index (χ4v) is 1.65. The molecule has 88 valence electrons. The molecule has 0 saturated carbocycles. The standard InChI is InChI=1S/C13H27N2/c1-5-12(4)13(11-14)9-8-10-15(6-2)7-3/h10-12H,5-9,14H2,1-4H3/q+1. The lowest BCUT2D eigenvalue weighted by molar-refractivity contribution is -0.517. The Bertz CT molecular complexity index is 211. The third kappa shape index (κ3) is 5.60. The quantitative estimate of drug-likeness (QED) is 0.509. The highest BCUT2D eigenvalue weighted by molar-refractivity contribution is 5.51. The zero-order valence-electron chi connectivity index (χ0n) is 10.8. The number of hydrogen-bond acceptors (Lipinski definition) is 1. The van der Waals surface area contributed by atoms with Gasteiger partial charge in [0.15, 0.2) is 0 Å². The van der Waals surface area contributed by atoms with Gasteiger partial charge in [0.05, 0.1) is 0 Å². The van der Waals surface area contributed by atoms with Gasteiger partial charge in [0.2, 0.25) is 0 Å². The molecule has 15 heavy (non-hydrogen) atoms. The van der Waals surface area contributed by atoms with Crippen molar-refractivity contribution in [2.75, 3.05) is 13.1 Å². The average Bonchev–Trinajstić information content (AvgIpc) is 2.28. The number of allylic oxidation sites excluding steroid dienone is 1. The van der Waals surface area contributed by atoms with Crippen molar-refractivity contribution in [2.24, 2.45) is 11.7 Å². The van der Waals surface area contributed by atoms with Crippen LogP contribution in [0.4, 0.5) is 0 Å². The molecule has 2 N–H and O–H groups in total. The minimum Gasteiger partial charge on any atom is -0.405 e. The van der Waals surface area contributed by atoms with E-state index in [9.17, 15) is 0 Å². The highest BCUT2D eigenvalue weighted by Gasteiger charge is 2.06. The summed E-state index contributed by atoms with van der Waals surface area (Å²) in [5, 5.41) is 0. The SMILES string of the molecule is CCC(C)C(=CN)CCC=[N+](CC)CC. The molecule has 0 spiro atoms. The van der Waals surface area contributed by atoms with E-state index in [0.29, 0.717) is 5.92 Å². The van der Waals surface area contributed by atoms with Crippen molar-refractivity contribution in [3.63, 3.8) is 0 Å². The molecule has 2 heteroatoms. The predicted octanol–water partition coefficient (Wildman–Crippen LogP) is 2.78. The molecule has 2 nitrogen and oxygen atoms in total. The molecule has 0 aromatic rings. The van der Waals surface area contributed by atoms with Crippen LogP contribution in [0.15, 0.2) is 11.8 Å². The Morgan fingerprint density at radius 1 is 1.27 bits per heavy atom. The van der Waals surface area contributed by atoms with Crippen LogP contribution in [0.1, 0.15) is 47.0 Å². The minimum atomic E-state index is 0.625. The molecule has 0 aromatic heterocycles. The van der Waals surface area contributed by atoms with E-state index in [1.807, 2.05) is 0 Å². The van der Waals surface area contributed by atoms with Crippen molar-refractivity contribution >= 4 is 6.21 Å². The van der Waals surface area contributed by atoms with Gasteiger partial charge in [0.25, 0.3) is 0 Å². The number of hydrogen-bond donors (Lipinski definition) is 1. The van der Waals surface area contributed by atoms with Gasteiger partial charge in [-0.3, -0.25) is 0 Å². The Morgan fingerprint density at radius 3 is 2.27 bits per heavy atom. The maximum atomic E-state index is 5.64. The first kappa shape index (κ1) is 14.2. The summed E-state index contributed by atoms with van der Waals surface area (Å²) in [4.78, 5) is 0. The highest BCUT2D eigenvalue weighted by Crippen LogP contribution is 2.17. The molecule has 0 bridgehead atoms. The Morgan fingerprint density at radius 2 is 1.87 bits per heavy atom. The van der Waals surface area contributed by atoms with Gasteiger partial charge in [0, 0.05) is 6.42 Å². The Kier molecular flexibility index (Phi) is 8.06. The van der Waals surface area contributed by atoms with E-state index in [-0.39, 0.29) is 0 Å². The van der Waals surface area contributed by atoms with Gasteiger partial charge < -0.3 is 5.73 Å². The molecular formula is C13H27N2+. The minimum absolute atomic E-state index is 0.625. The number of nitrogens with zero attached hydrogens (tertiary/aromatic N) is 1. The Labute approximate surface area is 94.9 Å². The van der Waals surface area contributed by atoms with E-state index in [1.165, 1.54) is 12.0 Å². The van der Waals surface area contributed by atoms with Crippen molar-refractivity contribution < 1.29 is 4.58 Å². The van der Waals surface area contributed by atoms with Gasteiger partial charge in [-0.2, -0.15) is 0 Å². The fraction of sp³-hybridized carbons (Fsp3) is 0.769. The van der Waals surface area contributed by atoms with E-state index < -0.39 is 0 Å². The second kappa shape index (κ2) is 8.51. The lowest BCUT2D eigenvalue weighted by atomic mass is 9.95. The van der Waals surface area contributed by atoms with Crippen molar-refractivity contribution in [3.8, 4) is 0 Å². The highest BCUT2D eigenvalue weighted by atomic mass is 15.0. The fourth-order valence-electron chi connectivity index (χ4n) is 1.65. The van der Waals surface area contributed by atoms with Crippen molar-refractivity contribution in [2.45, 2.75) is 47.0 Å². The van der Waals surface area contributed by atoms with Gasteiger partial charge in [-0.1, -0.05) is 19.4 Å². The summed E-state index contributed by atoms with van der Waals surface area (Å²) in [6.45, 7) is 11.0. The third-order valence-corrected chi connectivity index (χ3v) is 3.09. The van der Waals surface area contributed by atoms with Crippen molar-refractivity contribution in [3.05, 3.63) is 11.8 Å². The molecule has 0 heterocycles. The van der Waals surface area contributed by atoms with Crippen LogP contribution in [0.25, 0.3) is 0 Å². The predicted molar refractivity (Wildman–Crippen MR) is 68.4 cm³/mol. The Balaban J connectivity index is 4.08. The summed E-state index contributed by atoms with van der Waals surface area (Å²) >= 11 is 0. The topological polar surface area (TPSA) is 29.0 Å². The third-order valence-electron chi connectivity index (χ3n) is 3.09. The molecule has 0 saturated heterocycles. The molecule has 1 atom stereocenters. The number of nitrogens with two attached hydrogens (primary N) is 1. The molecule has 0 radical (unpaired) electrons. The molecular weight excluding hydrogens is 184 g/mol. The molecule has 0 rings (SSSR count). The zero-order valence-corrected chi connectivity index (χ0v) is 10.8. The van der Waals surface area contributed by atoms with Crippen LogP contribution < -0.4 is 5.73 Å². The summed E-state index contributed by atoms with van der Waals surface area (Å²) in [5.41, 5.74) is 7.03. The molecule has 0 amide bonds. The first-order valence-corrected chi connectivity index (χ1v) is 6.17. The van der Waals surface area contributed by atoms with Gasteiger partial charge in [0.1, 0.15) is 19.3 Å². The lowest BCUT2D eigenvalue weighted by Crippen LogP contribution is -2.12. The molecule has 0 fully saturated rings. The molecule has 0 aliphatic heterocycles. The number of rotatable bonds is 7. The largest absolute Gasteiger partial charge is 0.405 e. The molecule has 1 unspecified atom stereocenters. The summed E-state index contributed by atoms with van der Waals surface area (Å²) in [6, 6.07) is 0. The summed E-state index contributed by atoms with van der Waals surface area (Å²) < 4.78 is 2.34. The summed E-state index contributed by atoms with van der Waals surface area (Å²) in [7, 11) is 0. The molecule has 0 aliphatic rings. The van der Waals surface area contributed by atoms with Crippen LogP contribution in [0, 0.1) is 5.92 Å². The normalized spacial score (nSPS) is 13.7. The van der Waals surface area contributed by atoms with Gasteiger partial charge in [-0.15, -0.1) is 0 Å². The van der Waals surface area contributed by atoms with E-state index in [1.54, 1.807) is 6.20 Å². The van der Waals surface area contributed by atoms with Crippen LogP contribution in [-0.2, 0) is 0 Å². The first-order valence-electron chi connectivity index (χ1n) is 6.17. The average molecular weight is 211 g/mol. The first-order chi connectivity index (χ1) is 7.19. The Hall–Kier alpha value is -0.790. The van der Waals surface area contributed by atoms with Gasteiger partial charge >= 0.3 is 0 Å². The summed E-state index contributed by atoms with van der Waals surface area (Å²) in [5.74, 6) is 0.625. The maximum Gasteiger partial charge on any atom is 0.139 e. The van der Waals surface area contributed by atoms with Crippen LogP contribution in [0.3, 0.4) is 0 Å². The zero-order chi connectivity index (χ0) is 11.7. The molecule has 0 aliphatic carbocycles. The monoisotopic (exact) mass is 211 g/mol. The van der Waals surface area contributed by atoms with E-state index in [0.717, 1.165) is 25.9 Å². The smallest absolute Gasteiger partial charge is 0.139 e. The van der Waals surface area contributed by atoms with Crippen LogP contribution >= 0.6 is 0 Å². The van der Waals surface area contributed by atoms with Crippen molar-refractivity contribution in [1.82, 2.24) is 0 Å².